The van der Waals surface area contributed by atoms with Crippen LogP contribution < -0.4 is 4.90 Å². The van der Waals surface area contributed by atoms with E-state index in [1.54, 1.807) is 18.2 Å². The molecule has 4 rings (SSSR count). The maximum absolute atomic E-state index is 14.0. The smallest absolute Gasteiger partial charge is 0.270 e. The quantitative estimate of drug-likeness (QED) is 0.366. The zero-order valence-electron chi connectivity index (χ0n) is 15.5. The first-order valence-electron chi connectivity index (χ1n) is 8.74. The summed E-state index contributed by atoms with van der Waals surface area (Å²) in [5.74, 6) is -0.985. The van der Waals surface area contributed by atoms with Crippen LogP contribution in [0.2, 0.25) is 0 Å². The SMILES string of the molecule is Cc1ccc(N2C(=O)/C(=C/c3ccc(-c4ccc(F)cc4F)o3)SC2=S)c(C)c1. The number of hydrogen-bond donors (Lipinski definition) is 0. The molecule has 0 aliphatic carbocycles. The van der Waals surface area contributed by atoms with Gasteiger partial charge in [0.15, 0.2) is 4.32 Å². The van der Waals surface area contributed by atoms with E-state index >= 15 is 0 Å². The van der Waals surface area contributed by atoms with Crippen molar-refractivity contribution < 1.29 is 18.0 Å². The molecule has 0 saturated carbocycles. The summed E-state index contributed by atoms with van der Waals surface area (Å²) >= 11 is 6.59. The maximum Gasteiger partial charge on any atom is 0.270 e. The Morgan fingerprint density at radius 3 is 2.59 bits per heavy atom. The number of thiocarbonyl (C=S) groups is 1. The van der Waals surface area contributed by atoms with E-state index in [2.05, 4.69) is 0 Å². The van der Waals surface area contributed by atoms with Crippen molar-refractivity contribution in [3.05, 3.63) is 82.0 Å². The van der Waals surface area contributed by atoms with Gasteiger partial charge < -0.3 is 4.42 Å². The van der Waals surface area contributed by atoms with Crippen LogP contribution in [-0.2, 0) is 4.79 Å². The second-order valence-corrected chi connectivity index (χ2v) is 8.31. The molecule has 0 unspecified atom stereocenters. The molecule has 29 heavy (non-hydrogen) atoms. The Hall–Kier alpha value is -2.77. The molecule has 0 atom stereocenters. The summed E-state index contributed by atoms with van der Waals surface area (Å²) in [6.45, 7) is 3.92. The molecule has 0 spiro atoms. The largest absolute Gasteiger partial charge is 0.457 e. The van der Waals surface area contributed by atoms with Crippen molar-refractivity contribution in [1.29, 1.82) is 0 Å². The minimum atomic E-state index is -0.716. The Kier molecular flexibility index (Phi) is 5.10. The first-order chi connectivity index (χ1) is 13.8. The van der Waals surface area contributed by atoms with Gasteiger partial charge in [0.1, 0.15) is 23.2 Å². The molecule has 3 nitrogen and oxygen atoms in total. The summed E-state index contributed by atoms with van der Waals surface area (Å²) in [6.07, 6.45) is 1.58. The first-order valence-corrected chi connectivity index (χ1v) is 9.96. The summed E-state index contributed by atoms with van der Waals surface area (Å²) in [5, 5.41) is 0. The van der Waals surface area contributed by atoms with Crippen LogP contribution in [0.1, 0.15) is 16.9 Å². The van der Waals surface area contributed by atoms with E-state index in [-0.39, 0.29) is 17.2 Å². The van der Waals surface area contributed by atoms with E-state index in [1.807, 2.05) is 32.0 Å². The fourth-order valence-corrected chi connectivity index (χ4v) is 4.39. The number of amides is 1. The number of carbonyl (C=O) groups is 1. The van der Waals surface area contributed by atoms with Gasteiger partial charge in [0, 0.05) is 12.1 Å². The van der Waals surface area contributed by atoms with E-state index in [0.717, 1.165) is 28.9 Å². The molecule has 1 amide bonds. The molecular formula is C22H15F2NO2S2. The van der Waals surface area contributed by atoms with Crippen LogP contribution in [0.15, 0.2) is 57.9 Å². The van der Waals surface area contributed by atoms with Gasteiger partial charge in [-0.15, -0.1) is 0 Å². The molecule has 146 valence electrons. The zero-order valence-corrected chi connectivity index (χ0v) is 17.2. The molecule has 1 saturated heterocycles. The number of thioether (sulfide) groups is 1. The van der Waals surface area contributed by atoms with Crippen molar-refractivity contribution in [2.75, 3.05) is 4.90 Å². The van der Waals surface area contributed by atoms with Gasteiger partial charge in [0.25, 0.3) is 5.91 Å². The molecule has 2 aromatic carbocycles. The third-order valence-corrected chi connectivity index (χ3v) is 5.79. The fraction of sp³-hybridized carbons (Fsp3) is 0.0909. The second kappa shape index (κ2) is 7.57. The van der Waals surface area contributed by atoms with E-state index in [4.69, 9.17) is 16.6 Å². The van der Waals surface area contributed by atoms with Crippen LogP contribution in [0.5, 0.6) is 0 Å². The van der Waals surface area contributed by atoms with E-state index in [0.29, 0.717) is 15.0 Å². The van der Waals surface area contributed by atoms with Gasteiger partial charge in [-0.1, -0.05) is 41.7 Å². The Morgan fingerprint density at radius 2 is 1.86 bits per heavy atom. The highest BCUT2D eigenvalue weighted by atomic mass is 32.2. The highest BCUT2D eigenvalue weighted by Crippen LogP contribution is 2.38. The number of halogens is 2. The van der Waals surface area contributed by atoms with Gasteiger partial charge in [-0.25, -0.2) is 8.78 Å². The number of furan rings is 1. The molecule has 3 aromatic rings. The average Bonchev–Trinajstić information content (AvgIpc) is 3.21. The Bertz CT molecular complexity index is 1180. The summed E-state index contributed by atoms with van der Waals surface area (Å²) in [5.41, 5.74) is 2.95. The Morgan fingerprint density at radius 1 is 1.07 bits per heavy atom. The van der Waals surface area contributed by atoms with Crippen molar-refractivity contribution in [1.82, 2.24) is 0 Å². The molecule has 1 fully saturated rings. The summed E-state index contributed by atoms with van der Waals surface area (Å²) < 4.78 is 33.2. The van der Waals surface area contributed by atoms with Crippen LogP contribution in [0.3, 0.4) is 0 Å². The van der Waals surface area contributed by atoms with Gasteiger partial charge in [0.2, 0.25) is 0 Å². The molecule has 1 aliphatic heterocycles. The van der Waals surface area contributed by atoms with Gasteiger partial charge >= 0.3 is 0 Å². The third-order valence-electron chi connectivity index (χ3n) is 4.48. The lowest BCUT2D eigenvalue weighted by molar-refractivity contribution is -0.113. The maximum atomic E-state index is 14.0. The molecule has 7 heteroatoms. The minimum absolute atomic E-state index is 0.147. The van der Waals surface area contributed by atoms with Crippen molar-refractivity contribution >= 4 is 46.0 Å². The van der Waals surface area contributed by atoms with Gasteiger partial charge in [-0.2, -0.15) is 0 Å². The van der Waals surface area contributed by atoms with Crippen molar-refractivity contribution in [2.24, 2.45) is 0 Å². The number of benzene rings is 2. The van der Waals surface area contributed by atoms with Crippen molar-refractivity contribution in [3.8, 4) is 11.3 Å². The zero-order chi connectivity index (χ0) is 20.7. The number of carbonyl (C=O) groups excluding carboxylic acids is 1. The second-order valence-electron chi connectivity index (χ2n) is 6.63. The fourth-order valence-electron chi connectivity index (χ4n) is 3.13. The predicted octanol–water partition coefficient (Wildman–Crippen LogP) is 6.25. The molecule has 1 aliphatic rings. The molecule has 0 radical (unpaired) electrons. The number of aryl methyl sites for hydroxylation is 2. The minimum Gasteiger partial charge on any atom is -0.457 e. The van der Waals surface area contributed by atoms with Crippen LogP contribution >= 0.6 is 24.0 Å². The van der Waals surface area contributed by atoms with E-state index in [9.17, 15) is 13.6 Å². The number of rotatable bonds is 3. The van der Waals surface area contributed by atoms with Gasteiger partial charge in [0.05, 0.1) is 16.2 Å². The summed E-state index contributed by atoms with van der Waals surface area (Å²) in [6, 6.07) is 12.3. The van der Waals surface area contributed by atoms with Crippen LogP contribution in [-0.4, -0.2) is 10.2 Å². The predicted molar refractivity (Wildman–Crippen MR) is 116 cm³/mol. The Labute approximate surface area is 176 Å². The summed E-state index contributed by atoms with van der Waals surface area (Å²) in [7, 11) is 0. The summed E-state index contributed by atoms with van der Waals surface area (Å²) in [4.78, 5) is 14.8. The molecule has 0 bridgehead atoms. The van der Waals surface area contributed by atoms with Crippen molar-refractivity contribution in [2.45, 2.75) is 13.8 Å². The molecule has 2 heterocycles. The first kappa shape index (κ1) is 19.5. The van der Waals surface area contributed by atoms with E-state index in [1.165, 1.54) is 22.7 Å². The number of hydrogen-bond acceptors (Lipinski definition) is 4. The number of anilines is 1. The third kappa shape index (κ3) is 3.75. The molecule has 0 N–H and O–H groups in total. The van der Waals surface area contributed by atoms with Crippen molar-refractivity contribution in [3.63, 3.8) is 0 Å². The lowest BCUT2D eigenvalue weighted by Crippen LogP contribution is -2.28. The van der Waals surface area contributed by atoms with E-state index < -0.39 is 11.6 Å². The van der Waals surface area contributed by atoms with Crippen LogP contribution in [0.25, 0.3) is 17.4 Å². The van der Waals surface area contributed by atoms with Gasteiger partial charge in [-0.3, -0.25) is 9.69 Å². The highest BCUT2D eigenvalue weighted by Gasteiger charge is 2.34. The highest BCUT2D eigenvalue weighted by molar-refractivity contribution is 8.27. The lowest BCUT2D eigenvalue weighted by Gasteiger charge is -2.17. The molecular weight excluding hydrogens is 412 g/mol. The topological polar surface area (TPSA) is 33.5 Å². The van der Waals surface area contributed by atoms with Gasteiger partial charge in [-0.05, 0) is 49.7 Å². The molecule has 1 aromatic heterocycles. The normalized spacial score (nSPS) is 15.6. The van der Waals surface area contributed by atoms with Crippen LogP contribution in [0, 0.1) is 25.5 Å². The standard InChI is InChI=1S/C22H15F2NO2S2/c1-12-3-7-18(13(2)9-12)25-21(26)20(29-22(25)28)11-15-5-8-19(27-15)16-6-4-14(23)10-17(16)24/h3-11H,1-2H3/b20-11-. The monoisotopic (exact) mass is 427 g/mol. The Balaban J connectivity index is 1.63. The number of nitrogens with zero attached hydrogens (tertiary/aromatic N) is 1. The average molecular weight is 427 g/mol. The lowest BCUT2D eigenvalue weighted by atomic mass is 10.1. The van der Waals surface area contributed by atoms with Crippen LogP contribution in [0.4, 0.5) is 14.5 Å².